The SMILES string of the molecule is CCNC(=NCc1ccco1)NCCCN1C(=O)C2C3C=CC(C3)C2C1=O. The van der Waals surface area contributed by atoms with Gasteiger partial charge >= 0.3 is 0 Å². The van der Waals surface area contributed by atoms with Crippen LogP contribution in [0.3, 0.4) is 0 Å². The number of amides is 2. The Kier molecular flexibility index (Phi) is 5.01. The highest BCUT2D eigenvalue weighted by Crippen LogP contribution is 2.52. The molecule has 2 heterocycles. The number of allylic oxidation sites excluding steroid dienone is 2. The summed E-state index contributed by atoms with van der Waals surface area (Å²) in [6.07, 6.45) is 7.55. The van der Waals surface area contributed by atoms with Gasteiger partial charge in [0.15, 0.2) is 5.96 Å². The molecule has 4 rings (SSSR count). The van der Waals surface area contributed by atoms with Crippen molar-refractivity contribution in [1.82, 2.24) is 15.5 Å². The summed E-state index contributed by atoms with van der Waals surface area (Å²) in [5.41, 5.74) is 0. The summed E-state index contributed by atoms with van der Waals surface area (Å²) in [6.45, 7) is 4.33. The van der Waals surface area contributed by atoms with Crippen molar-refractivity contribution in [2.75, 3.05) is 19.6 Å². The molecule has 0 spiro atoms. The Balaban J connectivity index is 1.26. The molecule has 0 aromatic carbocycles. The Hall–Kier alpha value is -2.57. The summed E-state index contributed by atoms with van der Waals surface area (Å²) in [4.78, 5) is 31.3. The Labute approximate surface area is 158 Å². The fraction of sp³-hybridized carbons (Fsp3) is 0.550. The molecular weight excluding hydrogens is 344 g/mol. The van der Waals surface area contributed by atoms with E-state index in [1.165, 1.54) is 4.90 Å². The maximum absolute atomic E-state index is 12.7. The van der Waals surface area contributed by atoms with E-state index in [0.29, 0.717) is 32.0 Å². The van der Waals surface area contributed by atoms with Crippen molar-refractivity contribution in [3.05, 3.63) is 36.3 Å². The number of carbonyl (C=O) groups excluding carboxylic acids is 2. The van der Waals surface area contributed by atoms with Crippen molar-refractivity contribution >= 4 is 17.8 Å². The number of hydrogen-bond acceptors (Lipinski definition) is 4. The normalized spacial score (nSPS) is 28.9. The van der Waals surface area contributed by atoms with Crippen molar-refractivity contribution in [2.24, 2.45) is 28.7 Å². The fourth-order valence-electron chi connectivity index (χ4n) is 4.53. The third kappa shape index (κ3) is 3.38. The van der Waals surface area contributed by atoms with E-state index in [1.807, 2.05) is 19.1 Å². The molecule has 7 heteroatoms. The van der Waals surface area contributed by atoms with Crippen LogP contribution in [0.4, 0.5) is 0 Å². The van der Waals surface area contributed by atoms with Crippen molar-refractivity contribution in [3.8, 4) is 0 Å². The van der Waals surface area contributed by atoms with Gasteiger partial charge in [0.1, 0.15) is 12.3 Å². The van der Waals surface area contributed by atoms with E-state index in [4.69, 9.17) is 4.42 Å². The number of carbonyl (C=O) groups is 2. The summed E-state index contributed by atoms with van der Waals surface area (Å²) < 4.78 is 5.29. The first-order valence-electron chi connectivity index (χ1n) is 9.77. The Morgan fingerprint density at radius 3 is 2.59 bits per heavy atom. The van der Waals surface area contributed by atoms with Crippen LogP contribution in [-0.2, 0) is 16.1 Å². The van der Waals surface area contributed by atoms with Crippen molar-refractivity contribution in [1.29, 1.82) is 0 Å². The van der Waals surface area contributed by atoms with E-state index in [9.17, 15) is 9.59 Å². The van der Waals surface area contributed by atoms with Crippen molar-refractivity contribution in [2.45, 2.75) is 26.3 Å². The first kappa shape index (κ1) is 17.8. The number of nitrogens with one attached hydrogen (secondary N) is 2. The van der Waals surface area contributed by atoms with Crippen LogP contribution in [0.5, 0.6) is 0 Å². The lowest BCUT2D eigenvalue weighted by Gasteiger charge is -2.18. The molecule has 1 aromatic rings. The van der Waals surface area contributed by atoms with E-state index >= 15 is 0 Å². The van der Waals surface area contributed by atoms with Crippen LogP contribution in [0, 0.1) is 23.7 Å². The van der Waals surface area contributed by atoms with E-state index < -0.39 is 0 Å². The van der Waals surface area contributed by atoms with Crippen LogP contribution in [0.1, 0.15) is 25.5 Å². The molecule has 1 saturated carbocycles. The third-order valence-corrected chi connectivity index (χ3v) is 5.73. The lowest BCUT2D eigenvalue weighted by molar-refractivity contribution is -0.140. The number of guanidine groups is 1. The summed E-state index contributed by atoms with van der Waals surface area (Å²) in [5.74, 6) is 1.89. The molecule has 2 N–H and O–H groups in total. The quantitative estimate of drug-likeness (QED) is 0.250. The number of imide groups is 1. The molecule has 1 aromatic heterocycles. The van der Waals surface area contributed by atoms with E-state index in [2.05, 4.69) is 27.8 Å². The lowest BCUT2D eigenvalue weighted by atomic mass is 9.85. The fourth-order valence-corrected chi connectivity index (χ4v) is 4.53. The number of furan rings is 1. The van der Waals surface area contributed by atoms with Crippen LogP contribution in [0.25, 0.3) is 0 Å². The molecule has 144 valence electrons. The minimum absolute atomic E-state index is 0.0280. The lowest BCUT2D eigenvalue weighted by Crippen LogP contribution is -2.40. The molecule has 2 bridgehead atoms. The van der Waals surface area contributed by atoms with Crippen LogP contribution >= 0.6 is 0 Å². The number of nitrogens with zero attached hydrogens (tertiary/aromatic N) is 2. The molecule has 2 aliphatic carbocycles. The van der Waals surface area contributed by atoms with Gasteiger partial charge in [0, 0.05) is 19.6 Å². The molecule has 3 aliphatic rings. The van der Waals surface area contributed by atoms with Crippen molar-refractivity contribution < 1.29 is 14.0 Å². The van der Waals surface area contributed by atoms with Gasteiger partial charge in [-0.05, 0) is 43.7 Å². The summed E-state index contributed by atoms with van der Waals surface area (Å²) in [5, 5.41) is 6.44. The zero-order chi connectivity index (χ0) is 18.8. The summed E-state index contributed by atoms with van der Waals surface area (Å²) in [7, 11) is 0. The largest absolute Gasteiger partial charge is 0.467 e. The van der Waals surface area contributed by atoms with Gasteiger partial charge < -0.3 is 15.1 Å². The zero-order valence-electron chi connectivity index (χ0n) is 15.6. The standard InChI is InChI=1S/C20H26N4O3/c1-2-21-20(23-12-15-5-3-10-27-15)22-8-4-9-24-18(25)16-13-6-7-14(11-13)17(16)19(24)26/h3,5-7,10,13-14,16-17H,2,4,8-9,11-12H2,1H3,(H2,21,22,23). The van der Waals surface area contributed by atoms with Gasteiger partial charge in [-0.3, -0.25) is 14.5 Å². The molecule has 4 unspecified atom stereocenters. The Morgan fingerprint density at radius 2 is 1.96 bits per heavy atom. The highest BCUT2D eigenvalue weighted by atomic mass is 16.3. The van der Waals surface area contributed by atoms with Gasteiger partial charge in [-0.2, -0.15) is 0 Å². The van der Waals surface area contributed by atoms with Crippen LogP contribution in [0.15, 0.2) is 40.0 Å². The minimum atomic E-state index is -0.104. The molecule has 27 heavy (non-hydrogen) atoms. The van der Waals surface area contributed by atoms with E-state index in [-0.39, 0.29) is 35.5 Å². The summed E-state index contributed by atoms with van der Waals surface area (Å²) >= 11 is 0. The van der Waals surface area contributed by atoms with Crippen molar-refractivity contribution in [3.63, 3.8) is 0 Å². The molecule has 4 atom stereocenters. The maximum atomic E-state index is 12.7. The second kappa shape index (κ2) is 7.58. The second-order valence-corrected chi connectivity index (χ2v) is 7.38. The van der Waals surface area contributed by atoms with Gasteiger partial charge in [-0.1, -0.05) is 12.2 Å². The number of aliphatic imine (C=N–C) groups is 1. The van der Waals surface area contributed by atoms with Gasteiger partial charge in [-0.25, -0.2) is 4.99 Å². The Bertz CT molecular complexity index is 725. The molecule has 0 radical (unpaired) electrons. The predicted octanol–water partition coefficient (Wildman–Crippen LogP) is 1.53. The molecule has 2 amide bonds. The van der Waals surface area contributed by atoms with Crippen LogP contribution < -0.4 is 10.6 Å². The molecule has 1 aliphatic heterocycles. The zero-order valence-corrected chi connectivity index (χ0v) is 15.6. The highest BCUT2D eigenvalue weighted by Gasteiger charge is 2.58. The second-order valence-electron chi connectivity index (χ2n) is 7.38. The number of likely N-dealkylation sites (tertiary alicyclic amines) is 1. The van der Waals surface area contributed by atoms with Gasteiger partial charge in [0.2, 0.25) is 11.8 Å². The topological polar surface area (TPSA) is 86.9 Å². The van der Waals surface area contributed by atoms with Crippen LogP contribution in [0.2, 0.25) is 0 Å². The van der Waals surface area contributed by atoms with Crippen LogP contribution in [-0.4, -0.2) is 42.3 Å². The average Bonchev–Trinajstić information content (AvgIpc) is 3.44. The smallest absolute Gasteiger partial charge is 0.233 e. The van der Waals surface area contributed by atoms with Gasteiger partial charge in [-0.15, -0.1) is 0 Å². The highest BCUT2D eigenvalue weighted by molar-refractivity contribution is 6.06. The predicted molar refractivity (Wildman–Crippen MR) is 101 cm³/mol. The minimum Gasteiger partial charge on any atom is -0.467 e. The molecule has 7 nitrogen and oxygen atoms in total. The molecule has 2 fully saturated rings. The Morgan fingerprint density at radius 1 is 1.22 bits per heavy atom. The third-order valence-electron chi connectivity index (χ3n) is 5.73. The maximum Gasteiger partial charge on any atom is 0.233 e. The molecule has 1 saturated heterocycles. The molecular formula is C20H26N4O3. The van der Waals surface area contributed by atoms with Gasteiger partial charge in [0.25, 0.3) is 0 Å². The summed E-state index contributed by atoms with van der Waals surface area (Å²) in [6, 6.07) is 3.73. The first-order valence-corrected chi connectivity index (χ1v) is 9.77. The first-order chi connectivity index (χ1) is 13.2. The average molecular weight is 370 g/mol. The number of rotatable bonds is 7. The monoisotopic (exact) mass is 370 g/mol. The van der Waals surface area contributed by atoms with Gasteiger partial charge in [0.05, 0.1) is 18.1 Å². The number of hydrogen-bond donors (Lipinski definition) is 2. The van der Waals surface area contributed by atoms with E-state index in [1.54, 1.807) is 6.26 Å². The van der Waals surface area contributed by atoms with E-state index in [0.717, 1.165) is 18.7 Å². The number of fused-ring (bicyclic) bond motifs is 5.